The lowest BCUT2D eigenvalue weighted by Gasteiger charge is -2.40. The molecule has 0 aromatic heterocycles. The first kappa shape index (κ1) is 10.6. The Morgan fingerprint density at radius 2 is 2.23 bits per heavy atom. The lowest BCUT2D eigenvalue weighted by Crippen LogP contribution is -2.56. The third kappa shape index (κ3) is 2.05. The Bertz CT molecular complexity index is 235. The summed E-state index contributed by atoms with van der Waals surface area (Å²) in [6.07, 6.45) is 0.943. The third-order valence-corrected chi connectivity index (χ3v) is 3.11. The van der Waals surface area contributed by atoms with Crippen molar-refractivity contribution >= 4 is 22.8 Å². The van der Waals surface area contributed by atoms with Gasteiger partial charge in [0.25, 0.3) is 0 Å². The number of thioether (sulfide) groups is 1. The van der Waals surface area contributed by atoms with Gasteiger partial charge in [0.2, 0.25) is 5.12 Å². The number of carbonyl (C=O) groups excluding carboxylic acids is 2. The molecule has 1 saturated heterocycles. The molecule has 0 amide bonds. The summed E-state index contributed by atoms with van der Waals surface area (Å²) in [5.41, 5.74) is -0.588. The van der Waals surface area contributed by atoms with Gasteiger partial charge in [0.15, 0.2) is 5.92 Å². The average Bonchev–Trinajstić information content (AvgIpc) is 1.98. The van der Waals surface area contributed by atoms with Gasteiger partial charge in [0.1, 0.15) is 5.60 Å². The van der Waals surface area contributed by atoms with Crippen molar-refractivity contribution in [3.63, 3.8) is 0 Å². The molecule has 0 aromatic carbocycles. The van der Waals surface area contributed by atoms with Crippen LogP contribution in [-0.4, -0.2) is 22.4 Å². The zero-order chi connectivity index (χ0) is 10.1. The van der Waals surface area contributed by atoms with E-state index in [4.69, 9.17) is 4.74 Å². The van der Waals surface area contributed by atoms with Gasteiger partial charge in [-0.25, -0.2) is 0 Å². The van der Waals surface area contributed by atoms with Gasteiger partial charge in [-0.1, -0.05) is 18.7 Å². The van der Waals surface area contributed by atoms with Gasteiger partial charge in [0.05, 0.1) is 0 Å². The van der Waals surface area contributed by atoms with Gasteiger partial charge in [0, 0.05) is 5.75 Å². The highest BCUT2D eigenvalue weighted by molar-refractivity contribution is 8.13. The molecule has 3 nitrogen and oxygen atoms in total. The SMILES string of the molecule is CCCSC(=O)[C@@H]1C(=O)OC1(C)C. The van der Waals surface area contributed by atoms with Crippen LogP contribution in [0.4, 0.5) is 0 Å². The number of hydrogen-bond donors (Lipinski definition) is 0. The topological polar surface area (TPSA) is 43.4 Å². The van der Waals surface area contributed by atoms with Gasteiger partial charge >= 0.3 is 5.97 Å². The number of carbonyl (C=O) groups is 2. The zero-order valence-corrected chi connectivity index (χ0v) is 8.94. The fourth-order valence-electron chi connectivity index (χ4n) is 1.27. The summed E-state index contributed by atoms with van der Waals surface area (Å²) < 4.78 is 4.87. The fraction of sp³-hybridized carbons (Fsp3) is 0.778. The molecular formula is C9H14O3S. The van der Waals surface area contributed by atoms with Crippen LogP contribution in [0.15, 0.2) is 0 Å². The predicted molar refractivity (Wildman–Crippen MR) is 51.4 cm³/mol. The molecule has 0 aliphatic carbocycles. The molecule has 4 heteroatoms. The van der Waals surface area contributed by atoms with Crippen LogP contribution in [0.2, 0.25) is 0 Å². The van der Waals surface area contributed by atoms with Crippen LogP contribution in [0.3, 0.4) is 0 Å². The van der Waals surface area contributed by atoms with E-state index in [2.05, 4.69) is 0 Å². The van der Waals surface area contributed by atoms with Crippen LogP contribution in [-0.2, 0) is 14.3 Å². The molecular weight excluding hydrogens is 188 g/mol. The summed E-state index contributed by atoms with van der Waals surface area (Å²) in [7, 11) is 0. The lowest BCUT2D eigenvalue weighted by atomic mass is 9.86. The minimum absolute atomic E-state index is 0.0527. The van der Waals surface area contributed by atoms with E-state index < -0.39 is 11.5 Å². The molecule has 1 heterocycles. The second-order valence-corrected chi connectivity index (χ2v) is 4.72. The maximum Gasteiger partial charge on any atom is 0.322 e. The van der Waals surface area contributed by atoms with E-state index in [-0.39, 0.29) is 11.1 Å². The molecule has 0 bridgehead atoms. The van der Waals surface area contributed by atoms with Crippen molar-refractivity contribution in [2.24, 2.45) is 5.92 Å². The Morgan fingerprint density at radius 3 is 2.62 bits per heavy atom. The van der Waals surface area contributed by atoms with E-state index in [1.165, 1.54) is 11.8 Å². The minimum Gasteiger partial charge on any atom is -0.458 e. The summed E-state index contributed by atoms with van der Waals surface area (Å²) in [6, 6.07) is 0. The van der Waals surface area contributed by atoms with E-state index in [9.17, 15) is 9.59 Å². The van der Waals surface area contributed by atoms with Crippen molar-refractivity contribution in [3.05, 3.63) is 0 Å². The molecule has 0 aromatic rings. The van der Waals surface area contributed by atoms with Gasteiger partial charge < -0.3 is 4.74 Å². The quantitative estimate of drug-likeness (QED) is 0.515. The van der Waals surface area contributed by atoms with E-state index in [1.54, 1.807) is 13.8 Å². The van der Waals surface area contributed by atoms with Crippen molar-refractivity contribution < 1.29 is 14.3 Å². The summed E-state index contributed by atoms with van der Waals surface area (Å²) in [6.45, 7) is 5.54. The molecule has 0 N–H and O–H groups in total. The highest BCUT2D eigenvalue weighted by atomic mass is 32.2. The van der Waals surface area contributed by atoms with Crippen LogP contribution in [0, 0.1) is 5.92 Å². The van der Waals surface area contributed by atoms with E-state index in [0.29, 0.717) is 0 Å². The number of cyclic esters (lactones) is 1. The first-order valence-electron chi connectivity index (χ1n) is 4.38. The molecule has 0 radical (unpaired) electrons. The van der Waals surface area contributed by atoms with Gasteiger partial charge in [-0.15, -0.1) is 0 Å². The molecule has 13 heavy (non-hydrogen) atoms. The van der Waals surface area contributed by atoms with Crippen LogP contribution < -0.4 is 0 Å². The highest BCUT2D eigenvalue weighted by Crippen LogP contribution is 2.36. The average molecular weight is 202 g/mol. The fourth-order valence-corrected chi connectivity index (χ4v) is 2.22. The maximum atomic E-state index is 11.5. The molecule has 1 fully saturated rings. The summed E-state index contributed by atoms with van der Waals surface area (Å²) in [5.74, 6) is -0.152. The standard InChI is InChI=1S/C9H14O3S/c1-4-5-13-8(11)6-7(10)12-9(6,2)3/h6H,4-5H2,1-3H3/t6-/m0/s1. The van der Waals surface area contributed by atoms with Gasteiger partial charge in [-0.3, -0.25) is 9.59 Å². The third-order valence-electron chi connectivity index (χ3n) is 1.98. The Balaban J connectivity index is 2.51. The van der Waals surface area contributed by atoms with E-state index >= 15 is 0 Å². The van der Waals surface area contributed by atoms with Crippen molar-refractivity contribution in [2.45, 2.75) is 32.8 Å². The monoisotopic (exact) mass is 202 g/mol. The second-order valence-electron chi connectivity index (χ2n) is 3.63. The maximum absolute atomic E-state index is 11.5. The molecule has 1 rings (SSSR count). The van der Waals surface area contributed by atoms with Crippen LogP contribution in [0.25, 0.3) is 0 Å². The van der Waals surface area contributed by atoms with E-state index in [0.717, 1.165) is 12.2 Å². The molecule has 1 aliphatic rings. The van der Waals surface area contributed by atoms with Crippen LogP contribution in [0.5, 0.6) is 0 Å². The Labute approximate surface area is 82.2 Å². The smallest absolute Gasteiger partial charge is 0.322 e. The molecule has 0 saturated carbocycles. The lowest BCUT2D eigenvalue weighted by molar-refractivity contribution is -0.201. The Hall–Kier alpha value is -0.510. The Morgan fingerprint density at radius 1 is 1.62 bits per heavy atom. The van der Waals surface area contributed by atoms with Crippen LogP contribution in [0.1, 0.15) is 27.2 Å². The highest BCUT2D eigenvalue weighted by Gasteiger charge is 2.53. The van der Waals surface area contributed by atoms with Crippen LogP contribution >= 0.6 is 11.8 Å². The first-order chi connectivity index (χ1) is 5.99. The van der Waals surface area contributed by atoms with Crippen molar-refractivity contribution in [1.29, 1.82) is 0 Å². The normalized spacial score (nSPS) is 24.8. The van der Waals surface area contributed by atoms with E-state index in [1.807, 2.05) is 6.92 Å². The summed E-state index contributed by atoms with van der Waals surface area (Å²) >= 11 is 1.23. The zero-order valence-electron chi connectivity index (χ0n) is 8.12. The predicted octanol–water partition coefficient (Wildman–Crippen LogP) is 1.61. The number of rotatable bonds is 3. The molecule has 1 atom stereocenters. The molecule has 0 unspecified atom stereocenters. The second kappa shape index (κ2) is 3.70. The van der Waals surface area contributed by atoms with Crippen molar-refractivity contribution in [1.82, 2.24) is 0 Å². The van der Waals surface area contributed by atoms with Gasteiger partial charge in [-0.2, -0.15) is 0 Å². The molecule has 74 valence electrons. The first-order valence-corrected chi connectivity index (χ1v) is 5.37. The number of hydrogen-bond acceptors (Lipinski definition) is 4. The number of ether oxygens (including phenoxy) is 1. The summed E-state index contributed by atoms with van der Waals surface area (Å²) in [5, 5.41) is -0.0527. The minimum atomic E-state index is -0.588. The number of esters is 1. The summed E-state index contributed by atoms with van der Waals surface area (Å²) in [4.78, 5) is 22.5. The van der Waals surface area contributed by atoms with Gasteiger partial charge in [-0.05, 0) is 20.3 Å². The van der Waals surface area contributed by atoms with Crippen molar-refractivity contribution in [3.8, 4) is 0 Å². The largest absolute Gasteiger partial charge is 0.458 e. The molecule has 0 spiro atoms. The Kier molecular flexibility index (Phi) is 3.01. The van der Waals surface area contributed by atoms with Crippen molar-refractivity contribution in [2.75, 3.05) is 5.75 Å². The molecule has 1 aliphatic heterocycles.